The summed E-state index contributed by atoms with van der Waals surface area (Å²) in [6.07, 6.45) is 3.45. The maximum absolute atomic E-state index is 12.8. The van der Waals surface area contributed by atoms with E-state index in [9.17, 15) is 8.42 Å². The summed E-state index contributed by atoms with van der Waals surface area (Å²) in [5.41, 5.74) is 4.42. The van der Waals surface area contributed by atoms with Crippen molar-refractivity contribution in [1.29, 1.82) is 0 Å². The first-order chi connectivity index (χ1) is 14.0. The smallest absolute Gasteiger partial charge is 0.240 e. The lowest BCUT2D eigenvalue weighted by atomic mass is 10.2. The number of para-hydroxylation sites is 2. The second kappa shape index (κ2) is 7.77. The van der Waals surface area contributed by atoms with E-state index in [1.165, 1.54) is 0 Å². The molecule has 2 aromatic carbocycles. The molecule has 2 aromatic heterocycles. The Morgan fingerprint density at radius 1 is 1.00 bits per heavy atom. The molecular weight excluding hydrogens is 384 g/mol. The van der Waals surface area contributed by atoms with Crippen LogP contribution in [0.15, 0.2) is 71.9 Å². The first-order valence-corrected chi connectivity index (χ1v) is 10.9. The van der Waals surface area contributed by atoms with Gasteiger partial charge in [-0.05, 0) is 55.3 Å². The van der Waals surface area contributed by atoms with Gasteiger partial charge in [-0.2, -0.15) is 0 Å². The van der Waals surface area contributed by atoms with Crippen molar-refractivity contribution in [2.75, 3.05) is 6.54 Å². The summed E-state index contributed by atoms with van der Waals surface area (Å²) in [4.78, 5) is 9.13. The number of hydrogen-bond donors (Lipinski definition) is 1. The van der Waals surface area contributed by atoms with Crippen molar-refractivity contribution in [3.63, 3.8) is 0 Å². The maximum Gasteiger partial charge on any atom is 0.240 e. The van der Waals surface area contributed by atoms with E-state index in [4.69, 9.17) is 4.98 Å². The number of benzene rings is 2. The summed E-state index contributed by atoms with van der Waals surface area (Å²) in [6, 6.07) is 17.1. The van der Waals surface area contributed by atoms with Gasteiger partial charge < -0.3 is 4.57 Å². The van der Waals surface area contributed by atoms with Crippen LogP contribution in [0.2, 0.25) is 0 Å². The molecule has 0 fully saturated rings. The van der Waals surface area contributed by atoms with E-state index < -0.39 is 10.0 Å². The third-order valence-corrected chi connectivity index (χ3v) is 6.46. The number of sulfonamides is 1. The number of nitrogens with zero attached hydrogens (tertiary/aromatic N) is 3. The highest BCUT2D eigenvalue weighted by atomic mass is 32.2. The van der Waals surface area contributed by atoms with Gasteiger partial charge in [0.2, 0.25) is 10.0 Å². The summed E-state index contributed by atoms with van der Waals surface area (Å²) in [6.45, 7) is 4.41. The second-order valence-electron chi connectivity index (χ2n) is 6.98. The number of hydrogen-bond acceptors (Lipinski definition) is 4. The highest BCUT2D eigenvalue weighted by Gasteiger charge is 2.18. The fourth-order valence-electron chi connectivity index (χ4n) is 3.39. The van der Waals surface area contributed by atoms with Crippen molar-refractivity contribution >= 4 is 21.1 Å². The lowest BCUT2D eigenvalue weighted by Gasteiger charge is -2.12. The van der Waals surface area contributed by atoms with Crippen LogP contribution in [0.4, 0.5) is 0 Å². The van der Waals surface area contributed by atoms with Crippen LogP contribution in [0.25, 0.3) is 22.4 Å². The molecule has 2 heterocycles. The number of rotatable bonds is 6. The zero-order valence-corrected chi connectivity index (χ0v) is 17.1. The molecule has 0 saturated carbocycles. The molecule has 148 valence electrons. The van der Waals surface area contributed by atoms with Crippen LogP contribution in [0.1, 0.15) is 11.1 Å². The van der Waals surface area contributed by atoms with Crippen LogP contribution < -0.4 is 4.72 Å². The molecule has 0 amide bonds. The minimum atomic E-state index is -3.59. The monoisotopic (exact) mass is 406 g/mol. The average molecular weight is 407 g/mol. The van der Waals surface area contributed by atoms with Gasteiger partial charge in [0, 0.05) is 31.0 Å². The molecule has 0 aliphatic rings. The van der Waals surface area contributed by atoms with Gasteiger partial charge >= 0.3 is 0 Å². The molecule has 29 heavy (non-hydrogen) atoms. The predicted molar refractivity (Wildman–Crippen MR) is 114 cm³/mol. The Bertz CT molecular complexity index is 1260. The molecule has 1 N–H and O–H groups in total. The Balaban J connectivity index is 1.62. The Morgan fingerprint density at radius 3 is 2.55 bits per heavy atom. The fraction of sp³-hybridized carbons (Fsp3) is 0.182. The first-order valence-electron chi connectivity index (χ1n) is 9.38. The summed E-state index contributed by atoms with van der Waals surface area (Å²) < 4.78 is 30.4. The van der Waals surface area contributed by atoms with Crippen molar-refractivity contribution in [3.05, 3.63) is 78.1 Å². The molecule has 6 nitrogen and oxygen atoms in total. The van der Waals surface area contributed by atoms with E-state index in [0.717, 1.165) is 33.5 Å². The minimum absolute atomic E-state index is 0.258. The molecule has 0 saturated heterocycles. The van der Waals surface area contributed by atoms with Gasteiger partial charge in [-0.3, -0.25) is 4.98 Å². The highest BCUT2D eigenvalue weighted by Crippen LogP contribution is 2.24. The zero-order valence-electron chi connectivity index (χ0n) is 16.3. The molecule has 0 bridgehead atoms. The Hall–Kier alpha value is -3.03. The molecule has 0 aliphatic carbocycles. The van der Waals surface area contributed by atoms with E-state index in [1.54, 1.807) is 25.4 Å². The van der Waals surface area contributed by atoms with Crippen LogP contribution >= 0.6 is 0 Å². The largest absolute Gasteiger partial charge is 0.323 e. The van der Waals surface area contributed by atoms with Crippen molar-refractivity contribution in [2.24, 2.45) is 0 Å². The minimum Gasteiger partial charge on any atom is -0.323 e. The number of nitrogens with one attached hydrogen (secondary N) is 1. The SMILES string of the molecule is Cc1ccc(C)c(S(=O)(=O)NCCn2c(-c3ccncc3)nc3ccccc32)c1. The zero-order chi connectivity index (χ0) is 20.4. The molecule has 4 rings (SSSR count). The number of imidazole rings is 1. The van der Waals surface area contributed by atoms with Crippen molar-refractivity contribution < 1.29 is 8.42 Å². The van der Waals surface area contributed by atoms with Crippen LogP contribution in [-0.2, 0) is 16.6 Å². The third kappa shape index (κ3) is 3.92. The maximum atomic E-state index is 12.8. The summed E-state index contributed by atoms with van der Waals surface area (Å²) in [5.74, 6) is 0.791. The molecular formula is C22H22N4O2S. The fourth-order valence-corrected chi connectivity index (χ4v) is 4.74. The predicted octanol–water partition coefficient (Wildman–Crippen LogP) is 3.69. The molecule has 7 heteroatoms. The van der Waals surface area contributed by atoms with Gasteiger partial charge in [-0.1, -0.05) is 24.3 Å². The Morgan fingerprint density at radius 2 is 1.76 bits per heavy atom. The van der Waals surface area contributed by atoms with E-state index >= 15 is 0 Å². The van der Waals surface area contributed by atoms with Crippen LogP contribution in [0, 0.1) is 13.8 Å². The van der Waals surface area contributed by atoms with E-state index in [0.29, 0.717) is 11.4 Å². The van der Waals surface area contributed by atoms with Crippen molar-refractivity contribution in [1.82, 2.24) is 19.3 Å². The van der Waals surface area contributed by atoms with Crippen LogP contribution in [-0.4, -0.2) is 29.5 Å². The summed E-state index contributed by atoms with van der Waals surface area (Å²) >= 11 is 0. The quantitative estimate of drug-likeness (QED) is 0.530. The number of pyridine rings is 1. The summed E-state index contributed by atoms with van der Waals surface area (Å²) in [5, 5.41) is 0. The molecule has 0 unspecified atom stereocenters. The molecule has 4 aromatic rings. The first kappa shape index (κ1) is 19.3. The average Bonchev–Trinajstić information content (AvgIpc) is 3.09. The number of aromatic nitrogens is 3. The lowest BCUT2D eigenvalue weighted by Crippen LogP contribution is -2.28. The molecule has 0 spiro atoms. The number of aryl methyl sites for hydroxylation is 2. The molecule has 0 aliphatic heterocycles. The Kier molecular flexibility index (Phi) is 5.17. The van der Waals surface area contributed by atoms with Gasteiger partial charge in [0.05, 0.1) is 15.9 Å². The standard InChI is InChI=1S/C22H22N4O2S/c1-16-7-8-17(2)21(15-16)29(27,28)24-13-14-26-20-6-4-3-5-19(20)25-22(26)18-9-11-23-12-10-18/h3-12,15,24H,13-14H2,1-2H3. The lowest BCUT2D eigenvalue weighted by molar-refractivity contribution is 0.574. The summed E-state index contributed by atoms with van der Waals surface area (Å²) in [7, 11) is -3.59. The van der Waals surface area contributed by atoms with Crippen LogP contribution in [0.5, 0.6) is 0 Å². The van der Waals surface area contributed by atoms with E-state index in [2.05, 4.69) is 9.71 Å². The topological polar surface area (TPSA) is 76.9 Å². The number of fused-ring (bicyclic) bond motifs is 1. The van der Waals surface area contributed by atoms with Gasteiger partial charge in [0.15, 0.2) is 0 Å². The van der Waals surface area contributed by atoms with Gasteiger partial charge in [-0.25, -0.2) is 18.1 Å². The van der Waals surface area contributed by atoms with Crippen LogP contribution in [0.3, 0.4) is 0 Å². The van der Waals surface area contributed by atoms with Gasteiger partial charge in [-0.15, -0.1) is 0 Å². The van der Waals surface area contributed by atoms with Crippen molar-refractivity contribution in [2.45, 2.75) is 25.3 Å². The van der Waals surface area contributed by atoms with Gasteiger partial charge in [0.1, 0.15) is 5.82 Å². The normalized spacial score (nSPS) is 11.8. The third-order valence-electron chi connectivity index (χ3n) is 4.85. The molecule has 0 atom stereocenters. The highest BCUT2D eigenvalue weighted by molar-refractivity contribution is 7.89. The Labute approximate surface area is 170 Å². The van der Waals surface area contributed by atoms with E-state index in [1.807, 2.05) is 60.0 Å². The van der Waals surface area contributed by atoms with Crippen molar-refractivity contribution in [3.8, 4) is 11.4 Å². The second-order valence-corrected chi connectivity index (χ2v) is 8.71. The molecule has 0 radical (unpaired) electrons. The van der Waals surface area contributed by atoms with E-state index in [-0.39, 0.29) is 6.54 Å². The van der Waals surface area contributed by atoms with Gasteiger partial charge in [0.25, 0.3) is 0 Å².